The molecule has 0 rings (SSSR count). The lowest BCUT2D eigenvalue weighted by Crippen LogP contribution is -2.03. The number of azo groups is 1. The Morgan fingerprint density at radius 3 is 1.57 bits per heavy atom. The molecule has 21 heavy (non-hydrogen) atoms. The van der Waals surface area contributed by atoms with Crippen molar-refractivity contribution in [3.63, 3.8) is 0 Å². The van der Waals surface area contributed by atoms with Gasteiger partial charge in [-0.2, -0.15) is 0 Å². The van der Waals surface area contributed by atoms with Crippen LogP contribution >= 0.6 is 0 Å². The van der Waals surface area contributed by atoms with E-state index in [2.05, 4.69) is 24.1 Å². The van der Waals surface area contributed by atoms with Gasteiger partial charge in [0.2, 0.25) is 0 Å². The second kappa shape index (κ2) is 14.9. The van der Waals surface area contributed by atoms with Crippen LogP contribution in [-0.2, 0) is 9.47 Å². The van der Waals surface area contributed by atoms with E-state index in [1.54, 1.807) is 0 Å². The van der Waals surface area contributed by atoms with Crippen molar-refractivity contribution in [1.29, 1.82) is 0 Å². The summed E-state index contributed by atoms with van der Waals surface area (Å²) in [6, 6.07) is 0. The van der Waals surface area contributed by atoms with Crippen molar-refractivity contribution < 1.29 is 19.1 Å². The molecule has 0 N–H and O–H groups in total. The van der Waals surface area contributed by atoms with Gasteiger partial charge < -0.3 is 9.47 Å². The molecule has 0 bridgehead atoms. The minimum absolute atomic E-state index is 0.304. The number of amides is 2. The Bertz CT molecular complexity index is 306. The highest BCUT2D eigenvalue weighted by Crippen LogP contribution is 2.05. The normalized spacial score (nSPS) is 10.8. The highest BCUT2D eigenvalue weighted by molar-refractivity contribution is 5.73. The van der Waals surface area contributed by atoms with Crippen molar-refractivity contribution in [2.45, 2.75) is 71.6 Å². The monoisotopic (exact) mass is 300 g/mol. The summed E-state index contributed by atoms with van der Waals surface area (Å²) >= 11 is 0. The Kier molecular flexibility index (Phi) is 13.9. The first-order valence-electron chi connectivity index (χ1n) is 7.96. The first-order chi connectivity index (χ1) is 10.2. The van der Waals surface area contributed by atoms with Crippen LogP contribution in [0.4, 0.5) is 9.59 Å². The summed E-state index contributed by atoms with van der Waals surface area (Å²) in [5.74, 6) is 0. The Morgan fingerprint density at radius 2 is 1.05 bits per heavy atom. The van der Waals surface area contributed by atoms with Gasteiger partial charge in [-0.1, -0.05) is 69.0 Å². The molecule has 0 fully saturated rings. The highest BCUT2D eigenvalue weighted by atomic mass is 16.6. The first-order valence-corrected chi connectivity index (χ1v) is 7.96. The number of nitrogens with zero attached hydrogens (tertiary/aromatic N) is 2. The van der Waals surface area contributed by atoms with E-state index in [9.17, 15) is 9.59 Å². The molecule has 0 unspecified atom stereocenters. The molecule has 0 aliphatic carbocycles. The Balaban J connectivity index is 3.50. The van der Waals surface area contributed by atoms with Gasteiger partial charge in [0.1, 0.15) is 0 Å². The molecule has 6 heteroatoms. The van der Waals surface area contributed by atoms with Crippen LogP contribution in [0.5, 0.6) is 0 Å². The fourth-order valence-electron chi connectivity index (χ4n) is 1.69. The van der Waals surface area contributed by atoms with Crippen LogP contribution in [0.1, 0.15) is 71.6 Å². The molecule has 0 radical (unpaired) electrons. The third-order valence-corrected chi connectivity index (χ3v) is 2.91. The van der Waals surface area contributed by atoms with Gasteiger partial charge in [-0.25, -0.2) is 9.59 Å². The van der Waals surface area contributed by atoms with Gasteiger partial charge in [0, 0.05) is 0 Å². The average Bonchev–Trinajstić information content (AvgIpc) is 2.48. The maximum atomic E-state index is 11.2. The first kappa shape index (κ1) is 19.5. The molecule has 0 aromatic carbocycles. The molecule has 0 saturated carbocycles. The van der Waals surface area contributed by atoms with E-state index in [1.807, 2.05) is 0 Å². The molecular formula is C15H28N2O4. The molecule has 0 spiro atoms. The largest absolute Gasteiger partial charge is 0.452 e. The van der Waals surface area contributed by atoms with Crippen LogP contribution in [0, 0.1) is 0 Å². The maximum absolute atomic E-state index is 11.2. The van der Waals surface area contributed by atoms with Gasteiger partial charge >= 0.3 is 12.2 Å². The third-order valence-electron chi connectivity index (χ3n) is 2.91. The lowest BCUT2D eigenvalue weighted by Gasteiger charge is -2.01. The van der Waals surface area contributed by atoms with Crippen molar-refractivity contribution in [2.24, 2.45) is 10.2 Å². The van der Waals surface area contributed by atoms with E-state index >= 15 is 0 Å². The number of hydrogen-bond acceptors (Lipinski definition) is 4. The molecule has 0 heterocycles. The fourth-order valence-corrected chi connectivity index (χ4v) is 1.69. The molecule has 0 aromatic rings. The predicted octanol–water partition coefficient (Wildman–Crippen LogP) is 5.26. The van der Waals surface area contributed by atoms with Gasteiger partial charge in [0.05, 0.1) is 13.2 Å². The van der Waals surface area contributed by atoms with Crippen LogP contribution in [0.3, 0.4) is 0 Å². The molecule has 6 nitrogen and oxygen atoms in total. The topological polar surface area (TPSA) is 77.3 Å². The van der Waals surface area contributed by atoms with E-state index in [1.165, 1.54) is 19.3 Å². The van der Waals surface area contributed by atoms with Gasteiger partial charge in [0.15, 0.2) is 0 Å². The number of carbonyl (C=O) groups excluding carboxylic acids is 2. The van der Waals surface area contributed by atoms with Crippen molar-refractivity contribution in [1.82, 2.24) is 0 Å². The van der Waals surface area contributed by atoms with Crippen LogP contribution in [0.15, 0.2) is 10.2 Å². The summed E-state index contributed by atoms with van der Waals surface area (Å²) in [5, 5.41) is 6.31. The molecule has 0 aliphatic heterocycles. The van der Waals surface area contributed by atoms with E-state index in [0.717, 1.165) is 38.5 Å². The van der Waals surface area contributed by atoms with Crippen LogP contribution in [-0.4, -0.2) is 25.4 Å². The van der Waals surface area contributed by atoms with Gasteiger partial charge in [0.25, 0.3) is 0 Å². The molecule has 122 valence electrons. The summed E-state index contributed by atoms with van der Waals surface area (Å²) in [4.78, 5) is 22.3. The summed E-state index contributed by atoms with van der Waals surface area (Å²) in [6.45, 7) is 4.84. The molecule has 0 atom stereocenters. The average molecular weight is 300 g/mol. The smallest absolute Gasteiger partial charge is 0.447 e. The number of carbonyl (C=O) groups is 2. The standard InChI is InChI=1S/C15H28N2O4/c1-3-5-7-8-9-11-13-21-15(19)17-16-14(18)20-12-10-6-4-2/h3-13H2,1-2H3. The molecule has 0 aliphatic rings. The lowest BCUT2D eigenvalue weighted by molar-refractivity contribution is 0.143. The van der Waals surface area contributed by atoms with Gasteiger partial charge in [-0.05, 0) is 12.8 Å². The van der Waals surface area contributed by atoms with Crippen molar-refractivity contribution >= 4 is 12.2 Å². The van der Waals surface area contributed by atoms with Crippen molar-refractivity contribution in [3.05, 3.63) is 0 Å². The minimum Gasteiger partial charge on any atom is -0.447 e. The summed E-state index contributed by atoms with van der Waals surface area (Å²) in [7, 11) is 0. The van der Waals surface area contributed by atoms with Gasteiger partial charge in [-0.15, -0.1) is 0 Å². The molecular weight excluding hydrogens is 272 g/mol. The zero-order valence-electron chi connectivity index (χ0n) is 13.3. The highest BCUT2D eigenvalue weighted by Gasteiger charge is 2.03. The number of ether oxygens (including phenoxy) is 2. The summed E-state index contributed by atoms with van der Waals surface area (Å²) < 4.78 is 9.60. The van der Waals surface area contributed by atoms with Gasteiger partial charge in [-0.3, -0.25) is 0 Å². The molecule has 0 aromatic heterocycles. The van der Waals surface area contributed by atoms with Crippen molar-refractivity contribution in [3.8, 4) is 0 Å². The zero-order valence-corrected chi connectivity index (χ0v) is 13.3. The Morgan fingerprint density at radius 1 is 0.667 bits per heavy atom. The fraction of sp³-hybridized carbons (Fsp3) is 0.867. The van der Waals surface area contributed by atoms with Crippen LogP contribution < -0.4 is 0 Å². The SMILES string of the molecule is CCCCCCCCOC(=O)N=NC(=O)OCCCCC. The second-order valence-corrected chi connectivity index (χ2v) is 4.90. The predicted molar refractivity (Wildman–Crippen MR) is 80.5 cm³/mol. The molecule has 0 saturated heterocycles. The van der Waals surface area contributed by atoms with Crippen LogP contribution in [0.2, 0.25) is 0 Å². The Hall–Kier alpha value is -1.46. The summed E-state index contributed by atoms with van der Waals surface area (Å²) in [5.41, 5.74) is 0. The number of rotatable bonds is 11. The second-order valence-electron chi connectivity index (χ2n) is 4.90. The van der Waals surface area contributed by atoms with Crippen LogP contribution in [0.25, 0.3) is 0 Å². The Labute approximate surface area is 127 Å². The summed E-state index contributed by atoms with van der Waals surface area (Å²) in [6.07, 6.45) is 7.81. The van der Waals surface area contributed by atoms with E-state index in [-0.39, 0.29) is 0 Å². The zero-order chi connectivity index (χ0) is 15.8. The third kappa shape index (κ3) is 14.8. The maximum Gasteiger partial charge on any atom is 0.452 e. The molecule has 2 amide bonds. The van der Waals surface area contributed by atoms with E-state index < -0.39 is 12.2 Å². The van der Waals surface area contributed by atoms with Crippen molar-refractivity contribution in [2.75, 3.05) is 13.2 Å². The quantitative estimate of drug-likeness (QED) is 0.385. The lowest BCUT2D eigenvalue weighted by atomic mass is 10.1. The number of hydrogen-bond donors (Lipinski definition) is 0. The minimum atomic E-state index is -0.845. The number of unbranched alkanes of at least 4 members (excludes halogenated alkanes) is 7. The van der Waals surface area contributed by atoms with E-state index in [4.69, 9.17) is 9.47 Å². The van der Waals surface area contributed by atoms with E-state index in [0.29, 0.717) is 13.2 Å².